The van der Waals surface area contributed by atoms with E-state index in [9.17, 15) is 8.42 Å². The predicted molar refractivity (Wildman–Crippen MR) is 78.6 cm³/mol. The summed E-state index contributed by atoms with van der Waals surface area (Å²) in [6.45, 7) is 6.26. The summed E-state index contributed by atoms with van der Waals surface area (Å²) in [5, 5.41) is 0. The van der Waals surface area contributed by atoms with Gasteiger partial charge in [0.05, 0.1) is 12.9 Å². The van der Waals surface area contributed by atoms with Crippen molar-refractivity contribution in [3.63, 3.8) is 0 Å². The van der Waals surface area contributed by atoms with Gasteiger partial charge in [-0.2, -0.15) is 8.42 Å². The highest BCUT2D eigenvalue weighted by Gasteiger charge is 2.05. The highest BCUT2D eigenvalue weighted by molar-refractivity contribution is 7.85. The van der Waals surface area contributed by atoms with Crippen LogP contribution >= 0.6 is 0 Å². The fourth-order valence-corrected chi connectivity index (χ4v) is 2.51. The van der Waals surface area contributed by atoms with Crippen LogP contribution in [-0.2, 0) is 33.6 Å². The van der Waals surface area contributed by atoms with Crippen molar-refractivity contribution in [3.8, 4) is 0 Å². The molecule has 4 heteroatoms. The van der Waals surface area contributed by atoms with E-state index in [4.69, 9.17) is 4.18 Å². The molecule has 0 aliphatic heterocycles. The molecule has 0 aliphatic carbocycles. The molecule has 0 saturated carbocycles. The number of rotatable bonds is 8. The van der Waals surface area contributed by atoms with Gasteiger partial charge in [0.15, 0.2) is 0 Å². The highest BCUT2D eigenvalue weighted by Crippen LogP contribution is 2.16. The van der Waals surface area contributed by atoms with Crippen LogP contribution < -0.4 is 0 Å². The van der Waals surface area contributed by atoms with Crippen molar-refractivity contribution < 1.29 is 12.6 Å². The fourth-order valence-electron chi connectivity index (χ4n) is 2.08. The summed E-state index contributed by atoms with van der Waals surface area (Å²) in [4.78, 5) is 0. The third-order valence-corrected chi connectivity index (χ3v) is 3.60. The van der Waals surface area contributed by atoms with Gasteiger partial charge in [-0.3, -0.25) is 4.18 Å². The first-order chi connectivity index (χ1) is 8.96. The second-order valence-electron chi connectivity index (χ2n) is 4.69. The molecule has 19 heavy (non-hydrogen) atoms. The average molecular weight is 283 g/mol. The van der Waals surface area contributed by atoms with Crippen LogP contribution in [0.2, 0.25) is 0 Å². The van der Waals surface area contributed by atoms with Crippen LogP contribution in [0.3, 0.4) is 0 Å². The van der Waals surface area contributed by atoms with Crippen LogP contribution in [0, 0.1) is 6.92 Å². The van der Waals surface area contributed by atoms with Crippen molar-refractivity contribution in [1.29, 1.82) is 0 Å². The van der Waals surface area contributed by atoms with Gasteiger partial charge in [0.1, 0.15) is 0 Å². The Hall–Kier alpha value is -0.870. The van der Waals surface area contributed by atoms with E-state index in [1.807, 2.05) is 0 Å². The lowest BCUT2D eigenvalue weighted by Gasteiger charge is -2.10. The van der Waals surface area contributed by atoms with Crippen molar-refractivity contribution in [2.45, 2.75) is 39.0 Å². The van der Waals surface area contributed by atoms with Gasteiger partial charge < -0.3 is 0 Å². The second-order valence-corrected chi connectivity index (χ2v) is 6.33. The normalized spacial score (nSPS) is 11.7. The summed E-state index contributed by atoms with van der Waals surface area (Å²) in [6.07, 6.45) is 5.55. The molecule has 0 heterocycles. The van der Waals surface area contributed by atoms with E-state index in [1.165, 1.54) is 16.7 Å². The van der Waals surface area contributed by atoms with Crippen molar-refractivity contribution in [2.24, 2.45) is 0 Å². The minimum absolute atomic E-state index is 0.253. The van der Waals surface area contributed by atoms with E-state index in [-0.39, 0.29) is 6.61 Å². The molecule has 1 aromatic carbocycles. The minimum Gasteiger partial charge on any atom is -0.270 e. The van der Waals surface area contributed by atoms with E-state index in [0.29, 0.717) is 0 Å². The Labute approximate surface area is 117 Å². The van der Waals surface area contributed by atoms with E-state index >= 15 is 0 Å². The monoisotopic (exact) mass is 283 g/mol. The third kappa shape index (κ3) is 6.21. The molecule has 1 aromatic rings. The Balaban J connectivity index is 2.58. The first kappa shape index (κ1) is 16.2. The topological polar surface area (TPSA) is 43.4 Å². The van der Waals surface area contributed by atoms with Crippen molar-refractivity contribution in [3.05, 3.63) is 41.8 Å². The molecule has 0 spiro atoms. The van der Waals surface area contributed by atoms with Crippen LogP contribution in [0.25, 0.3) is 0 Å². The molecule has 0 atom stereocenters. The van der Waals surface area contributed by atoms with E-state index < -0.39 is 10.1 Å². The Morgan fingerprint density at radius 3 is 2.53 bits per heavy atom. The van der Waals surface area contributed by atoms with Crippen LogP contribution in [0.15, 0.2) is 18.2 Å². The van der Waals surface area contributed by atoms with E-state index in [1.54, 1.807) is 0 Å². The Bertz CT molecular complexity index is 492. The fraction of sp³-hybridized carbons (Fsp3) is 0.533. The summed E-state index contributed by atoms with van der Waals surface area (Å²) >= 11 is 0. The standard InChI is InChI=1S/C15H23O3S/c1-4-7-13-9-10-15(14(5-2)12-13)8-6-11-18-19(3,16)17/h9-10,12H,1,4-8,11H2,2-3H3. The van der Waals surface area contributed by atoms with Crippen LogP contribution in [-0.4, -0.2) is 21.3 Å². The summed E-state index contributed by atoms with van der Waals surface area (Å²) in [6, 6.07) is 6.51. The molecule has 0 N–H and O–H groups in total. The number of benzene rings is 1. The van der Waals surface area contributed by atoms with Gasteiger partial charge in [0.25, 0.3) is 10.1 Å². The largest absolute Gasteiger partial charge is 0.270 e. The van der Waals surface area contributed by atoms with Gasteiger partial charge in [0, 0.05) is 0 Å². The van der Waals surface area contributed by atoms with Gasteiger partial charge in [-0.1, -0.05) is 32.0 Å². The smallest absolute Gasteiger partial charge is 0.264 e. The van der Waals surface area contributed by atoms with Gasteiger partial charge in [-0.25, -0.2) is 0 Å². The molecule has 0 aliphatic rings. The highest BCUT2D eigenvalue weighted by atomic mass is 32.2. The van der Waals surface area contributed by atoms with Crippen molar-refractivity contribution in [1.82, 2.24) is 0 Å². The van der Waals surface area contributed by atoms with Gasteiger partial charge in [-0.15, -0.1) is 0 Å². The molecule has 0 amide bonds. The molecule has 0 aromatic heterocycles. The lowest BCUT2D eigenvalue weighted by Crippen LogP contribution is -2.05. The van der Waals surface area contributed by atoms with Gasteiger partial charge in [-0.05, 0) is 48.8 Å². The zero-order valence-corrected chi connectivity index (χ0v) is 12.6. The second kappa shape index (κ2) is 7.65. The van der Waals surface area contributed by atoms with Gasteiger partial charge >= 0.3 is 0 Å². The molecule has 1 radical (unpaired) electrons. The van der Waals surface area contributed by atoms with E-state index in [2.05, 4.69) is 32.0 Å². The third-order valence-electron chi connectivity index (χ3n) is 3.00. The Kier molecular flexibility index (Phi) is 6.52. The summed E-state index contributed by atoms with van der Waals surface area (Å²) in [5.41, 5.74) is 3.95. The molecule has 1 rings (SSSR count). The molecule has 0 unspecified atom stereocenters. The number of aryl methyl sites for hydroxylation is 3. The van der Waals surface area contributed by atoms with Gasteiger partial charge in [0.2, 0.25) is 0 Å². The molecular weight excluding hydrogens is 260 g/mol. The van der Waals surface area contributed by atoms with Crippen molar-refractivity contribution in [2.75, 3.05) is 12.9 Å². The quantitative estimate of drug-likeness (QED) is 0.544. The summed E-state index contributed by atoms with van der Waals surface area (Å²) in [7, 11) is -3.32. The SMILES string of the molecule is [CH2]CCc1ccc(CCCOS(C)(=O)=O)c(CC)c1. The Morgan fingerprint density at radius 2 is 1.95 bits per heavy atom. The predicted octanol–water partition coefficient (Wildman–Crippen LogP) is 2.92. The lowest BCUT2D eigenvalue weighted by atomic mass is 9.97. The first-order valence-electron chi connectivity index (χ1n) is 6.70. The minimum atomic E-state index is -3.32. The zero-order chi connectivity index (χ0) is 14.3. The number of hydrogen-bond acceptors (Lipinski definition) is 3. The lowest BCUT2D eigenvalue weighted by molar-refractivity contribution is 0.315. The Morgan fingerprint density at radius 1 is 1.21 bits per heavy atom. The van der Waals surface area contributed by atoms with Crippen molar-refractivity contribution >= 4 is 10.1 Å². The molecule has 3 nitrogen and oxygen atoms in total. The maximum Gasteiger partial charge on any atom is 0.264 e. The molecule has 107 valence electrons. The summed E-state index contributed by atoms with van der Waals surface area (Å²) < 4.78 is 26.5. The molecule has 0 bridgehead atoms. The number of hydrogen-bond donors (Lipinski definition) is 0. The van der Waals surface area contributed by atoms with Crippen LogP contribution in [0.5, 0.6) is 0 Å². The molecular formula is C15H23O3S. The van der Waals surface area contributed by atoms with Crippen LogP contribution in [0.1, 0.15) is 36.5 Å². The maximum atomic E-state index is 10.9. The first-order valence-corrected chi connectivity index (χ1v) is 8.52. The molecule has 0 fully saturated rings. The van der Waals surface area contributed by atoms with Crippen LogP contribution in [0.4, 0.5) is 0 Å². The average Bonchev–Trinajstić information content (AvgIpc) is 2.35. The zero-order valence-electron chi connectivity index (χ0n) is 11.8. The maximum absolute atomic E-state index is 10.9. The summed E-state index contributed by atoms with van der Waals surface area (Å²) in [5.74, 6) is 0. The molecule has 0 saturated heterocycles. The van der Waals surface area contributed by atoms with E-state index in [0.717, 1.165) is 38.4 Å².